The number of aromatic nitrogens is 3. The fourth-order valence-electron chi connectivity index (χ4n) is 1.76. The third kappa shape index (κ3) is 3.07. The minimum absolute atomic E-state index is 0.0860. The summed E-state index contributed by atoms with van der Waals surface area (Å²) in [6.07, 6.45) is -0.578. The third-order valence-electron chi connectivity index (χ3n) is 2.54. The molecule has 102 valence electrons. The molecule has 0 aliphatic rings. The highest BCUT2D eigenvalue weighted by Crippen LogP contribution is 2.36. The molecular weight excluding hydrogens is 277 g/mol. The van der Waals surface area contributed by atoms with Gasteiger partial charge in [-0.05, 0) is 24.1 Å². The Morgan fingerprint density at radius 3 is 2.74 bits per heavy atom. The van der Waals surface area contributed by atoms with E-state index in [2.05, 4.69) is 19.9 Å². The zero-order valence-corrected chi connectivity index (χ0v) is 10.8. The number of alkyl halides is 3. The summed E-state index contributed by atoms with van der Waals surface area (Å²) >= 11 is 1.07. The molecule has 2 aromatic rings. The van der Waals surface area contributed by atoms with Crippen molar-refractivity contribution in [1.29, 1.82) is 0 Å². The molecule has 0 saturated carbocycles. The van der Waals surface area contributed by atoms with Crippen LogP contribution in [-0.2, 0) is 6.18 Å². The molecule has 0 aromatic carbocycles. The molecule has 0 fully saturated rings. The summed E-state index contributed by atoms with van der Waals surface area (Å²) in [4.78, 5) is 4.42. The van der Waals surface area contributed by atoms with Gasteiger partial charge in [0.05, 0.1) is 22.7 Å². The van der Waals surface area contributed by atoms with E-state index in [1.165, 1.54) is 12.4 Å². The van der Waals surface area contributed by atoms with E-state index in [4.69, 9.17) is 0 Å². The Hall–Kier alpha value is -1.54. The Bertz CT molecular complexity index is 527. The summed E-state index contributed by atoms with van der Waals surface area (Å²) < 4.78 is 42.7. The van der Waals surface area contributed by atoms with Gasteiger partial charge in [-0.2, -0.15) is 13.2 Å². The Morgan fingerprint density at radius 2 is 2.16 bits per heavy atom. The second kappa shape index (κ2) is 5.62. The van der Waals surface area contributed by atoms with Gasteiger partial charge in [0.1, 0.15) is 0 Å². The molecule has 0 spiro atoms. The van der Waals surface area contributed by atoms with Crippen molar-refractivity contribution in [2.24, 2.45) is 0 Å². The molecule has 0 aliphatic carbocycles. The maximum absolute atomic E-state index is 13.0. The topological polar surface area (TPSA) is 50.7 Å². The van der Waals surface area contributed by atoms with Crippen LogP contribution in [0.1, 0.15) is 29.0 Å². The lowest BCUT2D eigenvalue weighted by atomic mass is 10.0. The summed E-state index contributed by atoms with van der Waals surface area (Å²) in [7, 11) is 0. The minimum atomic E-state index is -4.41. The first kappa shape index (κ1) is 13.9. The van der Waals surface area contributed by atoms with Crippen molar-refractivity contribution < 1.29 is 13.2 Å². The maximum Gasteiger partial charge on any atom is 0.416 e. The Balaban J connectivity index is 2.48. The third-order valence-corrected chi connectivity index (χ3v) is 3.27. The van der Waals surface area contributed by atoms with E-state index in [1.54, 1.807) is 0 Å². The van der Waals surface area contributed by atoms with Crippen LogP contribution in [0.5, 0.6) is 0 Å². The summed E-state index contributed by atoms with van der Waals surface area (Å²) in [5.74, 6) is 0. The van der Waals surface area contributed by atoms with E-state index in [1.807, 2.05) is 6.92 Å². The van der Waals surface area contributed by atoms with Crippen LogP contribution in [0.4, 0.5) is 13.2 Å². The molecule has 0 saturated heterocycles. The van der Waals surface area contributed by atoms with Gasteiger partial charge < -0.3 is 5.32 Å². The molecule has 0 amide bonds. The lowest BCUT2D eigenvalue weighted by Crippen LogP contribution is -2.24. The number of hydrogen-bond donors (Lipinski definition) is 1. The summed E-state index contributed by atoms with van der Waals surface area (Å²) in [5, 5.41) is 6.67. The van der Waals surface area contributed by atoms with Crippen LogP contribution in [0.25, 0.3) is 0 Å². The van der Waals surface area contributed by atoms with E-state index in [0.29, 0.717) is 11.4 Å². The van der Waals surface area contributed by atoms with Crippen LogP contribution in [0.2, 0.25) is 0 Å². The molecule has 0 radical (unpaired) electrons. The van der Waals surface area contributed by atoms with E-state index < -0.39 is 17.8 Å². The van der Waals surface area contributed by atoms with Crippen LogP contribution >= 0.6 is 11.5 Å². The number of nitrogens with one attached hydrogen (secondary N) is 1. The predicted octanol–water partition coefficient (Wildman–Crippen LogP) is 2.65. The second-order valence-corrected chi connectivity index (χ2v) is 4.59. The van der Waals surface area contributed by atoms with Gasteiger partial charge in [0, 0.05) is 18.0 Å². The first-order valence-corrected chi connectivity index (χ1v) is 6.33. The molecule has 2 rings (SSSR count). The molecule has 2 heterocycles. The lowest BCUT2D eigenvalue weighted by Gasteiger charge is -2.20. The van der Waals surface area contributed by atoms with Crippen molar-refractivity contribution in [1.82, 2.24) is 19.9 Å². The van der Waals surface area contributed by atoms with Crippen LogP contribution in [0.15, 0.2) is 24.7 Å². The average Bonchev–Trinajstić information content (AvgIpc) is 2.88. The number of halogens is 3. The Morgan fingerprint density at radius 1 is 1.37 bits per heavy atom. The molecule has 1 atom stereocenters. The molecule has 0 bridgehead atoms. The molecule has 19 heavy (non-hydrogen) atoms. The second-order valence-electron chi connectivity index (χ2n) is 3.77. The molecule has 4 nitrogen and oxygen atoms in total. The van der Waals surface area contributed by atoms with Crippen LogP contribution in [0.3, 0.4) is 0 Å². The van der Waals surface area contributed by atoms with Gasteiger partial charge in [0.15, 0.2) is 0 Å². The van der Waals surface area contributed by atoms with Crippen molar-refractivity contribution in [2.45, 2.75) is 19.1 Å². The molecular formula is C11H11F3N4S. The Labute approximate surface area is 111 Å². The average molecular weight is 288 g/mol. The van der Waals surface area contributed by atoms with Crippen molar-refractivity contribution in [3.05, 3.63) is 40.7 Å². The SMILES string of the molecule is CCNC(c1cnns1)c1cnccc1C(F)(F)F. The van der Waals surface area contributed by atoms with Gasteiger partial charge in [-0.25, -0.2) is 0 Å². The maximum atomic E-state index is 13.0. The lowest BCUT2D eigenvalue weighted by molar-refractivity contribution is -0.138. The van der Waals surface area contributed by atoms with Gasteiger partial charge in [-0.15, -0.1) is 5.10 Å². The molecule has 1 unspecified atom stereocenters. The van der Waals surface area contributed by atoms with Crippen molar-refractivity contribution >= 4 is 11.5 Å². The number of pyridine rings is 1. The van der Waals surface area contributed by atoms with E-state index in [0.717, 1.165) is 23.8 Å². The number of hydrogen-bond acceptors (Lipinski definition) is 5. The molecule has 8 heteroatoms. The molecule has 0 aliphatic heterocycles. The smallest absolute Gasteiger partial charge is 0.306 e. The summed E-state index contributed by atoms with van der Waals surface area (Å²) in [5.41, 5.74) is -0.607. The van der Waals surface area contributed by atoms with Crippen molar-refractivity contribution in [3.63, 3.8) is 0 Å². The van der Waals surface area contributed by atoms with Gasteiger partial charge in [0.2, 0.25) is 0 Å². The fraction of sp³-hybridized carbons (Fsp3) is 0.364. The summed E-state index contributed by atoms with van der Waals surface area (Å²) in [6.45, 7) is 2.35. The first-order valence-electron chi connectivity index (χ1n) is 5.55. The number of rotatable bonds is 4. The van der Waals surface area contributed by atoms with Gasteiger partial charge in [-0.1, -0.05) is 11.4 Å². The highest BCUT2D eigenvalue weighted by Gasteiger charge is 2.35. The first-order chi connectivity index (χ1) is 9.04. The van der Waals surface area contributed by atoms with Gasteiger partial charge in [-0.3, -0.25) is 4.98 Å². The minimum Gasteiger partial charge on any atom is -0.306 e. The normalized spacial score (nSPS) is 13.5. The standard InChI is InChI=1S/C11H11F3N4S/c1-2-16-10(9-6-17-18-19-9)7-5-15-4-3-8(7)11(12,13)14/h3-6,10,16H,2H2,1H3. The highest BCUT2D eigenvalue weighted by molar-refractivity contribution is 7.05. The van der Waals surface area contributed by atoms with Crippen LogP contribution in [0, 0.1) is 0 Å². The highest BCUT2D eigenvalue weighted by atomic mass is 32.1. The van der Waals surface area contributed by atoms with E-state index in [-0.39, 0.29) is 5.56 Å². The fourth-order valence-corrected chi connectivity index (χ4v) is 2.36. The quantitative estimate of drug-likeness (QED) is 0.939. The van der Waals surface area contributed by atoms with Crippen LogP contribution < -0.4 is 5.32 Å². The zero-order chi connectivity index (χ0) is 13.9. The predicted molar refractivity (Wildman–Crippen MR) is 64.7 cm³/mol. The zero-order valence-electron chi connectivity index (χ0n) is 9.98. The molecule has 1 N–H and O–H groups in total. The van der Waals surface area contributed by atoms with E-state index in [9.17, 15) is 13.2 Å². The van der Waals surface area contributed by atoms with E-state index >= 15 is 0 Å². The van der Waals surface area contributed by atoms with Crippen molar-refractivity contribution in [3.8, 4) is 0 Å². The largest absolute Gasteiger partial charge is 0.416 e. The monoisotopic (exact) mass is 288 g/mol. The Kier molecular flexibility index (Phi) is 4.11. The van der Waals surface area contributed by atoms with Crippen LogP contribution in [-0.4, -0.2) is 21.1 Å². The summed E-state index contributed by atoms with van der Waals surface area (Å²) in [6, 6.07) is 0.379. The number of nitrogens with zero attached hydrogens (tertiary/aromatic N) is 3. The molecule has 2 aromatic heterocycles. The van der Waals surface area contributed by atoms with Gasteiger partial charge >= 0.3 is 6.18 Å². The van der Waals surface area contributed by atoms with Crippen molar-refractivity contribution in [2.75, 3.05) is 6.54 Å². The van der Waals surface area contributed by atoms with Gasteiger partial charge in [0.25, 0.3) is 0 Å².